The highest BCUT2D eigenvalue weighted by Crippen LogP contribution is 2.32. The topological polar surface area (TPSA) is 92.8 Å². The average molecular weight is 474 g/mol. The molecule has 1 aliphatic heterocycles. The molecule has 0 amide bonds. The highest BCUT2D eigenvalue weighted by molar-refractivity contribution is 7.91. The first-order valence-corrected chi connectivity index (χ1v) is 12.7. The quantitative estimate of drug-likeness (QED) is 0.392. The lowest BCUT2D eigenvalue weighted by Crippen LogP contribution is -2.11. The molecule has 1 fully saturated rings. The largest absolute Gasteiger partial charge is 0.294 e. The van der Waals surface area contributed by atoms with Crippen LogP contribution < -0.4 is 0 Å². The zero-order chi connectivity index (χ0) is 23.9. The van der Waals surface area contributed by atoms with Gasteiger partial charge in [0.2, 0.25) is 0 Å². The lowest BCUT2D eigenvalue weighted by Gasteiger charge is -2.08. The maximum absolute atomic E-state index is 13.5. The summed E-state index contributed by atoms with van der Waals surface area (Å²) in [5.41, 5.74) is 3.64. The van der Waals surface area contributed by atoms with Gasteiger partial charge >= 0.3 is 0 Å². The molecule has 170 valence electrons. The van der Waals surface area contributed by atoms with Gasteiger partial charge in [0.25, 0.3) is 0 Å². The van der Waals surface area contributed by atoms with Crippen molar-refractivity contribution < 1.29 is 17.6 Å². The molecule has 3 aromatic carbocycles. The van der Waals surface area contributed by atoms with E-state index in [0.717, 1.165) is 10.9 Å². The number of nitriles is 1. The molecule has 0 spiro atoms. The van der Waals surface area contributed by atoms with Gasteiger partial charge in [0, 0.05) is 22.9 Å². The van der Waals surface area contributed by atoms with Crippen molar-refractivity contribution in [2.24, 2.45) is 5.92 Å². The summed E-state index contributed by atoms with van der Waals surface area (Å²) in [6.45, 7) is 0. The van der Waals surface area contributed by atoms with E-state index in [1.165, 1.54) is 12.1 Å². The number of rotatable bonds is 5. The smallest absolute Gasteiger partial charge is 0.163 e. The minimum Gasteiger partial charge on any atom is -0.294 e. The van der Waals surface area contributed by atoms with Crippen molar-refractivity contribution in [2.45, 2.75) is 12.8 Å². The van der Waals surface area contributed by atoms with Crippen LogP contribution in [0.1, 0.15) is 28.8 Å². The zero-order valence-electron chi connectivity index (χ0n) is 18.1. The molecule has 0 N–H and O–H groups in total. The Balaban J connectivity index is 1.60. The van der Waals surface area contributed by atoms with E-state index < -0.39 is 9.84 Å². The van der Waals surface area contributed by atoms with Crippen molar-refractivity contribution in [1.29, 1.82) is 5.26 Å². The van der Waals surface area contributed by atoms with Crippen LogP contribution in [0.4, 0.5) is 4.39 Å². The summed E-state index contributed by atoms with van der Waals surface area (Å²) in [6.07, 6.45) is 0.676. The van der Waals surface area contributed by atoms with Crippen LogP contribution in [-0.2, 0) is 9.84 Å². The maximum Gasteiger partial charge on any atom is 0.163 e. The molecular formula is C26H20FN3O3S. The fraction of sp³-hybridized carbons (Fsp3) is 0.192. The van der Waals surface area contributed by atoms with Gasteiger partial charge < -0.3 is 0 Å². The van der Waals surface area contributed by atoms with E-state index in [9.17, 15) is 22.9 Å². The second-order valence-corrected chi connectivity index (χ2v) is 10.8. The Morgan fingerprint density at radius 3 is 2.62 bits per heavy atom. The summed E-state index contributed by atoms with van der Waals surface area (Å²) in [7, 11) is -3.06. The second-order valence-electron chi connectivity index (χ2n) is 8.56. The van der Waals surface area contributed by atoms with Gasteiger partial charge in [-0.2, -0.15) is 10.4 Å². The molecule has 1 unspecified atom stereocenters. The highest BCUT2D eigenvalue weighted by Gasteiger charge is 2.30. The molecule has 0 radical (unpaired) electrons. The van der Waals surface area contributed by atoms with Crippen LogP contribution in [0.2, 0.25) is 0 Å². The van der Waals surface area contributed by atoms with Gasteiger partial charge in [0.1, 0.15) is 11.5 Å². The van der Waals surface area contributed by atoms with E-state index in [4.69, 9.17) is 5.10 Å². The van der Waals surface area contributed by atoms with Gasteiger partial charge in [-0.1, -0.05) is 18.2 Å². The van der Waals surface area contributed by atoms with Gasteiger partial charge in [-0.3, -0.25) is 4.79 Å². The second kappa shape index (κ2) is 8.50. The molecule has 1 aromatic heterocycles. The monoisotopic (exact) mass is 473 g/mol. The number of benzene rings is 3. The molecule has 1 saturated heterocycles. The van der Waals surface area contributed by atoms with Crippen molar-refractivity contribution >= 4 is 26.5 Å². The Labute approximate surface area is 196 Å². The maximum atomic E-state index is 13.5. The minimum atomic E-state index is -3.06. The standard InChI is InChI=1S/C26H20FN3O3S/c27-21-5-7-22(8-6-21)30-24-14-19(25(31)13-18-10-11-34(32,33)16-18)4-9-23(24)26(29-30)20-3-1-2-17(12-20)15-28/h1-9,12,14,18H,10-11,13,16H2. The summed E-state index contributed by atoms with van der Waals surface area (Å²) < 4.78 is 38.7. The first-order chi connectivity index (χ1) is 16.3. The van der Waals surface area contributed by atoms with Crippen LogP contribution >= 0.6 is 0 Å². The van der Waals surface area contributed by atoms with Crippen molar-refractivity contribution in [3.05, 3.63) is 83.7 Å². The van der Waals surface area contributed by atoms with Crippen molar-refractivity contribution in [3.8, 4) is 23.0 Å². The molecule has 0 saturated carbocycles. The third-order valence-corrected chi connectivity index (χ3v) is 7.98. The highest BCUT2D eigenvalue weighted by atomic mass is 32.2. The Morgan fingerprint density at radius 1 is 1.12 bits per heavy atom. The third-order valence-electron chi connectivity index (χ3n) is 6.14. The van der Waals surface area contributed by atoms with Crippen LogP contribution in [0, 0.1) is 23.1 Å². The van der Waals surface area contributed by atoms with Crippen LogP contribution in [0.3, 0.4) is 0 Å². The average Bonchev–Trinajstić information content (AvgIpc) is 3.38. The lowest BCUT2D eigenvalue weighted by atomic mass is 9.96. The van der Waals surface area contributed by atoms with Gasteiger partial charge in [-0.25, -0.2) is 17.5 Å². The molecule has 2 heterocycles. The number of halogens is 1. The third kappa shape index (κ3) is 4.22. The number of fused-ring (bicyclic) bond motifs is 1. The van der Waals surface area contributed by atoms with Gasteiger partial charge in [-0.15, -0.1) is 0 Å². The summed E-state index contributed by atoms with van der Waals surface area (Å²) in [6, 6.07) is 20.4. The minimum absolute atomic E-state index is 0.0495. The van der Waals surface area contributed by atoms with Gasteiger partial charge in [0.05, 0.1) is 34.3 Å². The number of hydrogen-bond donors (Lipinski definition) is 0. The van der Waals surface area contributed by atoms with Crippen LogP contribution in [-0.4, -0.2) is 35.5 Å². The number of carbonyl (C=O) groups excluding carboxylic acids is 1. The first-order valence-electron chi connectivity index (χ1n) is 10.9. The van der Waals surface area contributed by atoms with E-state index in [0.29, 0.717) is 34.4 Å². The first kappa shape index (κ1) is 22.0. The Hall–Kier alpha value is -3.83. The number of ketones is 1. The van der Waals surface area contributed by atoms with Gasteiger partial charge in [0.15, 0.2) is 15.6 Å². The summed E-state index contributed by atoms with van der Waals surface area (Å²) >= 11 is 0. The number of nitrogens with zero attached hydrogens (tertiary/aromatic N) is 3. The van der Waals surface area contributed by atoms with Gasteiger partial charge in [-0.05, 0) is 60.9 Å². The summed E-state index contributed by atoms with van der Waals surface area (Å²) in [4.78, 5) is 13.0. The number of aromatic nitrogens is 2. The normalized spacial score (nSPS) is 17.0. The van der Waals surface area contributed by atoms with E-state index in [2.05, 4.69) is 6.07 Å². The predicted molar refractivity (Wildman–Crippen MR) is 127 cm³/mol. The molecule has 6 nitrogen and oxygen atoms in total. The number of sulfone groups is 1. The van der Waals surface area contributed by atoms with E-state index >= 15 is 0 Å². The molecule has 34 heavy (non-hydrogen) atoms. The fourth-order valence-electron chi connectivity index (χ4n) is 4.43. The SMILES string of the molecule is N#Cc1cccc(-c2nn(-c3ccc(F)cc3)c3cc(C(=O)CC4CCS(=O)(=O)C4)ccc23)c1. The van der Waals surface area contributed by atoms with Crippen molar-refractivity contribution in [3.63, 3.8) is 0 Å². The number of carbonyl (C=O) groups is 1. The van der Waals surface area contributed by atoms with Crippen LogP contribution in [0.15, 0.2) is 66.7 Å². The number of hydrogen-bond acceptors (Lipinski definition) is 5. The Bertz CT molecular complexity index is 1570. The molecule has 4 aromatic rings. The molecular weight excluding hydrogens is 453 g/mol. The summed E-state index contributed by atoms with van der Waals surface area (Å²) in [5.74, 6) is -0.478. The Morgan fingerprint density at radius 2 is 1.91 bits per heavy atom. The molecule has 0 bridgehead atoms. The lowest BCUT2D eigenvalue weighted by molar-refractivity contribution is 0.0966. The summed E-state index contributed by atoms with van der Waals surface area (Å²) in [5, 5.41) is 14.8. The molecule has 8 heteroatoms. The molecule has 1 aliphatic rings. The van der Waals surface area contributed by atoms with Crippen LogP contribution in [0.25, 0.3) is 27.8 Å². The van der Waals surface area contributed by atoms with Crippen LogP contribution in [0.5, 0.6) is 0 Å². The zero-order valence-corrected chi connectivity index (χ0v) is 18.9. The fourth-order valence-corrected chi connectivity index (χ4v) is 6.29. The molecule has 5 rings (SSSR count). The number of Topliss-reactive ketones (excluding diaryl/α,β-unsaturated/α-hetero) is 1. The molecule has 1 atom stereocenters. The molecule has 0 aliphatic carbocycles. The van der Waals surface area contributed by atoms with E-state index in [1.54, 1.807) is 47.1 Å². The van der Waals surface area contributed by atoms with Crippen molar-refractivity contribution in [2.75, 3.05) is 11.5 Å². The van der Waals surface area contributed by atoms with E-state index in [-0.39, 0.29) is 35.4 Å². The van der Waals surface area contributed by atoms with E-state index in [1.807, 2.05) is 12.1 Å². The Kier molecular flexibility index (Phi) is 5.50. The predicted octanol–water partition coefficient (Wildman–Crippen LogP) is 4.71. The van der Waals surface area contributed by atoms with Crippen molar-refractivity contribution in [1.82, 2.24) is 9.78 Å².